The van der Waals surface area contributed by atoms with Crippen LogP contribution in [0.1, 0.15) is 32.3 Å². The van der Waals surface area contributed by atoms with Gasteiger partial charge in [-0.2, -0.15) is 8.42 Å². The quantitative estimate of drug-likeness (QED) is 0.780. The first-order valence-electron chi connectivity index (χ1n) is 7.90. The monoisotopic (exact) mass is 363 g/mol. The lowest BCUT2D eigenvalue weighted by molar-refractivity contribution is 0.168. The van der Waals surface area contributed by atoms with Gasteiger partial charge in [0, 0.05) is 11.8 Å². The van der Waals surface area contributed by atoms with Crippen LogP contribution in [0.5, 0.6) is 5.75 Å². The molecule has 2 aromatic rings. The van der Waals surface area contributed by atoms with Crippen LogP contribution in [0.15, 0.2) is 53.4 Å². The van der Waals surface area contributed by atoms with E-state index in [9.17, 15) is 13.2 Å². The van der Waals surface area contributed by atoms with E-state index in [1.807, 2.05) is 13.8 Å². The maximum absolute atomic E-state index is 12.4. The summed E-state index contributed by atoms with van der Waals surface area (Å²) in [5.41, 5.74) is 1.42. The molecule has 0 radical (unpaired) electrons. The third-order valence-corrected chi connectivity index (χ3v) is 4.66. The number of carbonyl (C=O) groups is 1. The second-order valence-corrected chi connectivity index (χ2v) is 7.18. The largest absolute Gasteiger partial charge is 0.450 e. The van der Waals surface area contributed by atoms with Crippen LogP contribution >= 0.6 is 0 Å². The summed E-state index contributed by atoms with van der Waals surface area (Å²) in [5.74, 6) is 0.408. The standard InChI is InChI=1S/C18H21NO5S/c1-4-23-18(20)19-15-6-5-7-16(12-15)24-25(21,22)17-10-8-14(9-11-17)13(2)3/h5-13H,4H2,1-3H3,(H,19,20). The number of rotatable bonds is 6. The lowest BCUT2D eigenvalue weighted by atomic mass is 10.0. The van der Waals surface area contributed by atoms with Crippen molar-refractivity contribution in [3.05, 3.63) is 54.1 Å². The van der Waals surface area contributed by atoms with Gasteiger partial charge in [-0.3, -0.25) is 5.32 Å². The first-order valence-corrected chi connectivity index (χ1v) is 9.31. The highest BCUT2D eigenvalue weighted by Crippen LogP contribution is 2.23. The Kier molecular flexibility index (Phi) is 6.03. The SMILES string of the molecule is CCOC(=O)Nc1cccc(OS(=O)(=O)c2ccc(C(C)C)cc2)c1. The molecule has 0 bridgehead atoms. The average Bonchev–Trinajstić information content (AvgIpc) is 2.55. The topological polar surface area (TPSA) is 81.7 Å². The molecule has 2 aromatic carbocycles. The van der Waals surface area contributed by atoms with Crippen LogP contribution in [-0.2, 0) is 14.9 Å². The van der Waals surface area contributed by atoms with Gasteiger partial charge in [-0.05, 0) is 42.7 Å². The fraction of sp³-hybridized carbons (Fsp3) is 0.278. The highest BCUT2D eigenvalue weighted by Gasteiger charge is 2.17. The van der Waals surface area contributed by atoms with E-state index in [0.717, 1.165) is 5.56 Å². The molecule has 7 heteroatoms. The summed E-state index contributed by atoms with van der Waals surface area (Å²) in [6.07, 6.45) is -0.619. The molecular weight excluding hydrogens is 342 g/mol. The normalized spacial score (nSPS) is 11.2. The van der Waals surface area contributed by atoms with Crippen molar-refractivity contribution in [2.45, 2.75) is 31.6 Å². The molecule has 0 atom stereocenters. The molecule has 0 aliphatic rings. The molecule has 0 saturated carbocycles. The van der Waals surface area contributed by atoms with Gasteiger partial charge in [0.1, 0.15) is 10.6 Å². The number of benzene rings is 2. The number of hydrogen-bond acceptors (Lipinski definition) is 5. The Morgan fingerprint density at radius 1 is 1.12 bits per heavy atom. The van der Waals surface area contributed by atoms with Crippen molar-refractivity contribution in [3.63, 3.8) is 0 Å². The van der Waals surface area contributed by atoms with Crippen molar-refractivity contribution in [2.24, 2.45) is 0 Å². The number of ether oxygens (including phenoxy) is 1. The van der Waals surface area contributed by atoms with E-state index in [2.05, 4.69) is 5.32 Å². The number of hydrogen-bond donors (Lipinski definition) is 1. The second-order valence-electron chi connectivity index (χ2n) is 5.63. The molecule has 1 amide bonds. The van der Waals surface area contributed by atoms with Gasteiger partial charge in [0.15, 0.2) is 0 Å². The molecule has 0 heterocycles. The van der Waals surface area contributed by atoms with Gasteiger partial charge in [-0.1, -0.05) is 32.0 Å². The number of carbonyl (C=O) groups excluding carboxylic acids is 1. The number of nitrogens with one attached hydrogen (secondary N) is 1. The molecule has 2 rings (SSSR count). The van der Waals surface area contributed by atoms with Gasteiger partial charge in [0.05, 0.1) is 6.61 Å². The van der Waals surface area contributed by atoms with Gasteiger partial charge in [-0.15, -0.1) is 0 Å². The summed E-state index contributed by atoms with van der Waals surface area (Å²) in [4.78, 5) is 11.5. The van der Waals surface area contributed by atoms with E-state index in [4.69, 9.17) is 8.92 Å². The third kappa shape index (κ3) is 5.22. The van der Waals surface area contributed by atoms with Crippen LogP contribution in [0.4, 0.5) is 10.5 Å². The van der Waals surface area contributed by atoms with Crippen LogP contribution in [0, 0.1) is 0 Å². The van der Waals surface area contributed by atoms with Crippen molar-refractivity contribution in [1.82, 2.24) is 0 Å². The molecule has 6 nitrogen and oxygen atoms in total. The van der Waals surface area contributed by atoms with Gasteiger partial charge in [-0.25, -0.2) is 4.79 Å². The first kappa shape index (κ1) is 18.8. The second kappa shape index (κ2) is 8.02. The van der Waals surface area contributed by atoms with Crippen LogP contribution in [-0.4, -0.2) is 21.1 Å². The van der Waals surface area contributed by atoms with Crippen LogP contribution in [0.3, 0.4) is 0 Å². The molecule has 0 spiro atoms. The molecule has 134 valence electrons. The highest BCUT2D eigenvalue weighted by molar-refractivity contribution is 7.87. The maximum Gasteiger partial charge on any atom is 0.411 e. The Hall–Kier alpha value is -2.54. The van der Waals surface area contributed by atoms with Gasteiger partial charge in [0.25, 0.3) is 0 Å². The van der Waals surface area contributed by atoms with Crippen molar-refractivity contribution in [1.29, 1.82) is 0 Å². The first-order chi connectivity index (χ1) is 11.8. The fourth-order valence-electron chi connectivity index (χ4n) is 2.10. The molecule has 1 N–H and O–H groups in total. The number of anilines is 1. The predicted molar refractivity (Wildman–Crippen MR) is 95.4 cm³/mol. The highest BCUT2D eigenvalue weighted by atomic mass is 32.2. The minimum atomic E-state index is -3.96. The van der Waals surface area contributed by atoms with Crippen LogP contribution in [0.2, 0.25) is 0 Å². The van der Waals surface area contributed by atoms with E-state index >= 15 is 0 Å². The molecule has 25 heavy (non-hydrogen) atoms. The molecule has 0 aromatic heterocycles. The smallest absolute Gasteiger partial charge is 0.411 e. The van der Waals surface area contributed by atoms with Gasteiger partial charge < -0.3 is 8.92 Å². The van der Waals surface area contributed by atoms with Crippen LogP contribution < -0.4 is 9.50 Å². The third-order valence-electron chi connectivity index (χ3n) is 3.40. The van der Waals surface area contributed by atoms with E-state index in [0.29, 0.717) is 11.6 Å². The minimum Gasteiger partial charge on any atom is -0.450 e. The van der Waals surface area contributed by atoms with E-state index < -0.39 is 16.2 Å². The number of amides is 1. The Morgan fingerprint density at radius 3 is 2.40 bits per heavy atom. The predicted octanol–water partition coefficient (Wildman–Crippen LogP) is 4.15. The van der Waals surface area contributed by atoms with Crippen molar-refractivity contribution < 1.29 is 22.1 Å². The summed E-state index contributed by atoms with van der Waals surface area (Å²) < 4.78 is 34.7. The lowest BCUT2D eigenvalue weighted by Crippen LogP contribution is -2.14. The summed E-state index contributed by atoms with van der Waals surface area (Å²) >= 11 is 0. The fourth-order valence-corrected chi connectivity index (χ4v) is 3.03. The molecular formula is C18H21NO5S. The molecule has 0 unspecified atom stereocenters. The van der Waals surface area contributed by atoms with Crippen molar-refractivity contribution in [3.8, 4) is 5.75 Å². The Bertz CT molecular complexity index is 829. The Labute approximate surface area is 147 Å². The Morgan fingerprint density at radius 2 is 1.80 bits per heavy atom. The molecule has 0 aliphatic heterocycles. The average molecular weight is 363 g/mol. The zero-order valence-corrected chi connectivity index (χ0v) is 15.2. The van der Waals surface area contributed by atoms with Crippen molar-refractivity contribution in [2.75, 3.05) is 11.9 Å². The maximum atomic E-state index is 12.4. The minimum absolute atomic E-state index is 0.0701. The van der Waals surface area contributed by atoms with E-state index in [1.54, 1.807) is 31.2 Å². The zero-order valence-electron chi connectivity index (χ0n) is 14.4. The summed E-state index contributed by atoms with van der Waals surface area (Å²) in [7, 11) is -3.96. The van der Waals surface area contributed by atoms with E-state index in [1.165, 1.54) is 24.3 Å². The summed E-state index contributed by atoms with van der Waals surface area (Å²) in [6.45, 7) is 5.99. The molecule has 0 aliphatic carbocycles. The Balaban J connectivity index is 2.16. The van der Waals surface area contributed by atoms with Crippen LogP contribution in [0.25, 0.3) is 0 Å². The summed E-state index contributed by atoms with van der Waals surface area (Å²) in [5, 5.41) is 2.49. The zero-order chi connectivity index (χ0) is 18.4. The van der Waals surface area contributed by atoms with Crippen molar-refractivity contribution >= 4 is 21.9 Å². The summed E-state index contributed by atoms with van der Waals surface area (Å²) in [6, 6.07) is 12.7. The molecule has 0 fully saturated rings. The van der Waals surface area contributed by atoms with E-state index in [-0.39, 0.29) is 17.3 Å². The molecule has 0 saturated heterocycles. The van der Waals surface area contributed by atoms with Gasteiger partial charge >= 0.3 is 16.2 Å². The lowest BCUT2D eigenvalue weighted by Gasteiger charge is -2.10. The van der Waals surface area contributed by atoms with Gasteiger partial charge in [0.2, 0.25) is 0 Å².